The van der Waals surface area contributed by atoms with E-state index in [4.69, 9.17) is 4.74 Å². The number of methoxy groups -OCH3 is 1. The topological polar surface area (TPSA) is 70.6 Å². The summed E-state index contributed by atoms with van der Waals surface area (Å²) < 4.78 is 5.40. The molecule has 0 heterocycles. The monoisotopic (exact) mass is 382 g/mol. The molecule has 0 aliphatic rings. The van der Waals surface area contributed by atoms with Gasteiger partial charge in [0.25, 0.3) is 0 Å². The number of aromatic hydroxyl groups is 1. The Morgan fingerprint density at radius 1 is 1.11 bits per heavy atom. The van der Waals surface area contributed by atoms with Gasteiger partial charge in [-0.05, 0) is 54.3 Å². The highest BCUT2D eigenvalue weighted by molar-refractivity contribution is 5.91. The Labute approximate surface area is 167 Å². The van der Waals surface area contributed by atoms with Crippen LogP contribution in [0.25, 0.3) is 6.08 Å². The zero-order chi connectivity index (χ0) is 20.2. The number of hydrogen-bond acceptors (Lipinski definition) is 4. The summed E-state index contributed by atoms with van der Waals surface area (Å²) in [6, 6.07) is 12.8. The van der Waals surface area contributed by atoms with E-state index in [1.54, 1.807) is 31.4 Å². The van der Waals surface area contributed by atoms with Gasteiger partial charge in [0.1, 0.15) is 11.5 Å². The molecule has 150 valence electrons. The summed E-state index contributed by atoms with van der Waals surface area (Å²) in [7, 11) is 1.66. The third-order valence-electron chi connectivity index (χ3n) is 4.40. The number of carbonyl (C=O) groups is 1. The molecule has 3 N–H and O–H groups in total. The minimum Gasteiger partial charge on any atom is -0.508 e. The average Bonchev–Trinajstić information content (AvgIpc) is 2.71. The summed E-state index contributed by atoms with van der Waals surface area (Å²) in [5.74, 6) is 0.911. The van der Waals surface area contributed by atoms with E-state index in [9.17, 15) is 9.90 Å². The molecule has 0 saturated heterocycles. The van der Waals surface area contributed by atoms with Gasteiger partial charge in [-0.1, -0.05) is 38.0 Å². The van der Waals surface area contributed by atoms with E-state index in [1.165, 1.54) is 12.8 Å². The second-order valence-electron chi connectivity index (χ2n) is 6.63. The number of anilines is 1. The van der Waals surface area contributed by atoms with Gasteiger partial charge in [0.2, 0.25) is 5.91 Å². The molecule has 0 saturated carbocycles. The number of benzene rings is 2. The lowest BCUT2D eigenvalue weighted by atomic mass is 10.1. The molecular weight excluding hydrogens is 352 g/mol. The molecule has 2 aromatic carbocycles. The molecule has 0 aliphatic heterocycles. The standard InChI is InChI=1S/C23H30N2O3/c1-3-4-5-15-24-21-17-19(8-12-22(21)28-2)9-13-23(27)25-16-14-18-6-10-20(26)11-7-18/h6-13,17,24,26H,3-5,14-16H2,1-2H3,(H,25,27). The fraction of sp³-hybridized carbons (Fsp3) is 0.348. The second kappa shape index (κ2) is 11.7. The van der Waals surface area contributed by atoms with Crippen molar-refractivity contribution in [2.75, 3.05) is 25.5 Å². The first-order valence-electron chi connectivity index (χ1n) is 9.78. The zero-order valence-electron chi connectivity index (χ0n) is 16.7. The van der Waals surface area contributed by atoms with E-state index in [2.05, 4.69) is 17.6 Å². The van der Waals surface area contributed by atoms with Crippen molar-refractivity contribution in [3.8, 4) is 11.5 Å². The van der Waals surface area contributed by atoms with Crippen molar-refractivity contribution < 1.29 is 14.6 Å². The Morgan fingerprint density at radius 3 is 2.61 bits per heavy atom. The Kier molecular flexibility index (Phi) is 8.92. The summed E-state index contributed by atoms with van der Waals surface area (Å²) in [5.41, 5.74) is 2.94. The van der Waals surface area contributed by atoms with Gasteiger partial charge in [0, 0.05) is 19.2 Å². The number of hydrogen-bond donors (Lipinski definition) is 3. The van der Waals surface area contributed by atoms with Crippen LogP contribution in [0.1, 0.15) is 37.3 Å². The lowest BCUT2D eigenvalue weighted by molar-refractivity contribution is -0.116. The molecule has 0 radical (unpaired) electrons. The van der Waals surface area contributed by atoms with Crippen molar-refractivity contribution in [2.24, 2.45) is 0 Å². The largest absolute Gasteiger partial charge is 0.508 e. The number of carbonyl (C=O) groups excluding carboxylic acids is 1. The Hall–Kier alpha value is -2.95. The van der Waals surface area contributed by atoms with Crippen LogP contribution < -0.4 is 15.4 Å². The number of rotatable bonds is 11. The first-order chi connectivity index (χ1) is 13.6. The van der Waals surface area contributed by atoms with Crippen LogP contribution in [0.5, 0.6) is 11.5 Å². The number of phenolic OH excluding ortho intramolecular Hbond substituents is 1. The van der Waals surface area contributed by atoms with Crippen LogP contribution in [0.15, 0.2) is 48.5 Å². The predicted octanol–water partition coefficient (Wildman–Crippen LogP) is 4.38. The Bertz CT molecular complexity index is 770. The van der Waals surface area contributed by atoms with Crippen LogP contribution in [-0.2, 0) is 11.2 Å². The average molecular weight is 383 g/mol. The third kappa shape index (κ3) is 7.35. The van der Waals surface area contributed by atoms with Crippen LogP contribution in [0.2, 0.25) is 0 Å². The summed E-state index contributed by atoms with van der Waals surface area (Å²) in [5, 5.41) is 15.6. The molecule has 28 heavy (non-hydrogen) atoms. The minimum absolute atomic E-state index is 0.132. The lowest BCUT2D eigenvalue weighted by Gasteiger charge is -2.12. The fourth-order valence-corrected chi connectivity index (χ4v) is 2.79. The fourth-order valence-electron chi connectivity index (χ4n) is 2.79. The molecule has 0 spiro atoms. The van der Waals surface area contributed by atoms with Crippen LogP contribution in [0, 0.1) is 0 Å². The quantitative estimate of drug-likeness (QED) is 0.399. The first-order valence-corrected chi connectivity index (χ1v) is 9.78. The van der Waals surface area contributed by atoms with Gasteiger partial charge >= 0.3 is 0 Å². The highest BCUT2D eigenvalue weighted by atomic mass is 16.5. The molecular formula is C23H30N2O3. The molecule has 1 amide bonds. The van der Waals surface area contributed by atoms with E-state index in [1.807, 2.05) is 30.3 Å². The molecule has 0 atom stereocenters. The molecule has 0 bridgehead atoms. The molecule has 2 aromatic rings. The summed E-state index contributed by atoms with van der Waals surface area (Å²) in [6.07, 6.45) is 7.55. The van der Waals surface area contributed by atoms with Crippen molar-refractivity contribution in [3.63, 3.8) is 0 Å². The van der Waals surface area contributed by atoms with Crippen LogP contribution in [0.4, 0.5) is 5.69 Å². The molecule has 5 heteroatoms. The van der Waals surface area contributed by atoms with E-state index < -0.39 is 0 Å². The molecule has 0 aliphatic carbocycles. The lowest BCUT2D eigenvalue weighted by Crippen LogP contribution is -2.23. The maximum Gasteiger partial charge on any atom is 0.244 e. The normalized spacial score (nSPS) is 10.8. The smallest absolute Gasteiger partial charge is 0.244 e. The molecule has 5 nitrogen and oxygen atoms in total. The van der Waals surface area contributed by atoms with Crippen molar-refractivity contribution in [3.05, 3.63) is 59.7 Å². The molecule has 0 unspecified atom stereocenters. The van der Waals surface area contributed by atoms with Crippen LogP contribution >= 0.6 is 0 Å². The van der Waals surface area contributed by atoms with Crippen molar-refractivity contribution in [2.45, 2.75) is 32.6 Å². The summed E-state index contributed by atoms with van der Waals surface area (Å²) in [6.45, 7) is 3.62. The molecule has 0 aromatic heterocycles. The van der Waals surface area contributed by atoms with Crippen molar-refractivity contribution >= 4 is 17.7 Å². The van der Waals surface area contributed by atoms with E-state index in [0.29, 0.717) is 13.0 Å². The highest BCUT2D eigenvalue weighted by Crippen LogP contribution is 2.26. The van der Waals surface area contributed by atoms with Gasteiger partial charge in [0.15, 0.2) is 0 Å². The highest BCUT2D eigenvalue weighted by Gasteiger charge is 2.03. The van der Waals surface area contributed by atoms with Gasteiger partial charge in [-0.3, -0.25) is 4.79 Å². The number of ether oxygens (including phenoxy) is 1. The number of nitrogens with one attached hydrogen (secondary N) is 2. The first kappa shape index (κ1) is 21.4. The number of phenols is 1. The SMILES string of the molecule is CCCCCNc1cc(C=CC(=O)NCCc2ccc(O)cc2)ccc1OC. The van der Waals surface area contributed by atoms with E-state index >= 15 is 0 Å². The molecule has 0 fully saturated rings. The van der Waals surface area contributed by atoms with Gasteiger partial charge in [0.05, 0.1) is 12.8 Å². The van der Waals surface area contributed by atoms with Crippen molar-refractivity contribution in [1.29, 1.82) is 0 Å². The number of unbranched alkanes of at least 4 members (excludes halogenated alkanes) is 2. The van der Waals surface area contributed by atoms with Crippen LogP contribution in [-0.4, -0.2) is 31.2 Å². The van der Waals surface area contributed by atoms with Crippen LogP contribution in [0.3, 0.4) is 0 Å². The number of amides is 1. The minimum atomic E-state index is -0.132. The van der Waals surface area contributed by atoms with Gasteiger partial charge < -0.3 is 20.5 Å². The zero-order valence-corrected chi connectivity index (χ0v) is 16.7. The Morgan fingerprint density at radius 2 is 1.89 bits per heavy atom. The Balaban J connectivity index is 1.85. The predicted molar refractivity (Wildman–Crippen MR) is 115 cm³/mol. The molecule has 2 rings (SSSR count). The third-order valence-corrected chi connectivity index (χ3v) is 4.40. The van der Waals surface area contributed by atoms with E-state index in [-0.39, 0.29) is 11.7 Å². The van der Waals surface area contributed by atoms with Gasteiger partial charge in [-0.15, -0.1) is 0 Å². The van der Waals surface area contributed by atoms with Gasteiger partial charge in [-0.2, -0.15) is 0 Å². The van der Waals surface area contributed by atoms with E-state index in [0.717, 1.165) is 35.5 Å². The van der Waals surface area contributed by atoms with Gasteiger partial charge in [-0.25, -0.2) is 0 Å². The second-order valence-corrected chi connectivity index (χ2v) is 6.63. The summed E-state index contributed by atoms with van der Waals surface area (Å²) in [4.78, 5) is 12.0. The maximum atomic E-state index is 12.0. The maximum absolute atomic E-state index is 12.0. The van der Waals surface area contributed by atoms with Crippen molar-refractivity contribution in [1.82, 2.24) is 5.32 Å². The summed E-state index contributed by atoms with van der Waals surface area (Å²) >= 11 is 0.